The van der Waals surface area contributed by atoms with Crippen LogP contribution in [0.15, 0.2) is 29.2 Å². The van der Waals surface area contributed by atoms with Gasteiger partial charge >= 0.3 is 0 Å². The van der Waals surface area contributed by atoms with Gasteiger partial charge in [0.25, 0.3) is 0 Å². The van der Waals surface area contributed by atoms with E-state index < -0.39 is 10.0 Å². The van der Waals surface area contributed by atoms with E-state index >= 15 is 0 Å². The van der Waals surface area contributed by atoms with Crippen LogP contribution in [0.4, 0.5) is 0 Å². The van der Waals surface area contributed by atoms with Gasteiger partial charge < -0.3 is 5.32 Å². The minimum atomic E-state index is -3.44. The van der Waals surface area contributed by atoms with Crippen molar-refractivity contribution in [3.8, 4) is 0 Å². The van der Waals surface area contributed by atoms with Gasteiger partial charge in [0.15, 0.2) is 0 Å². The molecule has 1 aromatic rings. The Morgan fingerprint density at radius 3 is 2.62 bits per heavy atom. The van der Waals surface area contributed by atoms with E-state index in [9.17, 15) is 8.42 Å². The first-order chi connectivity index (χ1) is 10.0. The molecule has 1 aliphatic rings. The molecule has 1 unspecified atom stereocenters. The predicted octanol–water partition coefficient (Wildman–Crippen LogP) is 2.65. The topological polar surface area (TPSA) is 58.2 Å². The Hall–Kier alpha value is -0.910. The summed E-state index contributed by atoms with van der Waals surface area (Å²) < 4.78 is 28.1. The van der Waals surface area contributed by atoms with E-state index in [-0.39, 0.29) is 6.04 Å². The number of hydrogen-bond acceptors (Lipinski definition) is 3. The van der Waals surface area contributed by atoms with Crippen LogP contribution in [0.2, 0.25) is 0 Å². The molecular formula is C16H26N2O2S. The van der Waals surface area contributed by atoms with Gasteiger partial charge in [-0.05, 0) is 50.3 Å². The second kappa shape index (κ2) is 7.38. The third-order valence-corrected chi connectivity index (χ3v) is 5.86. The summed E-state index contributed by atoms with van der Waals surface area (Å²) in [4.78, 5) is 0.403. The van der Waals surface area contributed by atoms with Crippen molar-refractivity contribution >= 4 is 10.0 Å². The Kier molecular flexibility index (Phi) is 5.79. The van der Waals surface area contributed by atoms with Gasteiger partial charge in [0.2, 0.25) is 10.0 Å². The van der Waals surface area contributed by atoms with Crippen LogP contribution in [0, 0.1) is 5.92 Å². The summed E-state index contributed by atoms with van der Waals surface area (Å²) in [5.41, 5.74) is 0.833. The predicted molar refractivity (Wildman–Crippen MR) is 85.6 cm³/mol. The number of hydrogen-bond donors (Lipinski definition) is 2. The molecule has 0 amide bonds. The van der Waals surface area contributed by atoms with Crippen LogP contribution in [-0.2, 0) is 16.6 Å². The minimum Gasteiger partial charge on any atom is -0.313 e. The molecule has 1 atom stereocenters. The Labute approximate surface area is 128 Å². The molecule has 2 rings (SSSR count). The third-order valence-electron chi connectivity index (χ3n) is 4.20. The van der Waals surface area contributed by atoms with Crippen LogP contribution < -0.4 is 10.0 Å². The molecule has 118 valence electrons. The average Bonchev–Trinajstić information content (AvgIpc) is 2.36. The van der Waals surface area contributed by atoms with Crippen LogP contribution in [0.3, 0.4) is 0 Å². The lowest BCUT2D eigenvalue weighted by Crippen LogP contribution is -2.41. The van der Waals surface area contributed by atoms with Crippen LogP contribution in [0.5, 0.6) is 0 Å². The van der Waals surface area contributed by atoms with Gasteiger partial charge in [-0.15, -0.1) is 0 Å². The standard InChI is InChI=1S/C16H26N2O2S/c1-3-11-17-12-15-7-4-5-10-16(15)21(19,20)18-13(2)14-8-6-9-14/h4-5,7,10,13-14,17-18H,3,6,8-9,11-12H2,1-2H3. The molecule has 0 heterocycles. The van der Waals surface area contributed by atoms with Gasteiger partial charge in [-0.1, -0.05) is 31.5 Å². The fourth-order valence-corrected chi connectivity index (χ4v) is 4.21. The Balaban J connectivity index is 2.10. The highest BCUT2D eigenvalue weighted by Gasteiger charge is 2.28. The van der Waals surface area contributed by atoms with Gasteiger partial charge in [-0.25, -0.2) is 13.1 Å². The first-order valence-electron chi connectivity index (χ1n) is 7.85. The van der Waals surface area contributed by atoms with Gasteiger partial charge in [0.1, 0.15) is 0 Å². The monoisotopic (exact) mass is 310 g/mol. The number of nitrogens with one attached hydrogen (secondary N) is 2. The summed E-state index contributed by atoms with van der Waals surface area (Å²) in [6, 6.07) is 7.26. The SMILES string of the molecule is CCCNCc1ccccc1S(=O)(=O)NC(C)C1CCC1. The van der Waals surface area contributed by atoms with Crippen molar-refractivity contribution < 1.29 is 8.42 Å². The van der Waals surface area contributed by atoms with Crippen LogP contribution in [-0.4, -0.2) is 21.0 Å². The molecule has 4 nitrogen and oxygen atoms in total. The maximum atomic E-state index is 12.6. The highest BCUT2D eigenvalue weighted by molar-refractivity contribution is 7.89. The maximum absolute atomic E-state index is 12.6. The summed E-state index contributed by atoms with van der Waals surface area (Å²) in [6.07, 6.45) is 4.51. The highest BCUT2D eigenvalue weighted by Crippen LogP contribution is 2.30. The zero-order chi connectivity index (χ0) is 15.3. The van der Waals surface area contributed by atoms with Gasteiger partial charge in [0, 0.05) is 12.6 Å². The van der Waals surface area contributed by atoms with Crippen LogP contribution in [0.1, 0.15) is 45.1 Å². The molecule has 1 fully saturated rings. The molecule has 0 bridgehead atoms. The van der Waals surface area contributed by atoms with Crippen molar-refractivity contribution in [2.24, 2.45) is 5.92 Å². The Bertz CT molecular complexity index is 553. The molecule has 0 saturated heterocycles. The second-order valence-electron chi connectivity index (χ2n) is 5.89. The number of sulfonamides is 1. The molecule has 0 aliphatic heterocycles. The minimum absolute atomic E-state index is 0.0143. The van der Waals surface area contributed by atoms with E-state index in [0.717, 1.165) is 31.4 Å². The molecule has 1 saturated carbocycles. The Morgan fingerprint density at radius 2 is 2.00 bits per heavy atom. The van der Waals surface area contributed by atoms with Gasteiger partial charge in [-0.3, -0.25) is 0 Å². The molecule has 1 aromatic carbocycles. The lowest BCUT2D eigenvalue weighted by Gasteiger charge is -2.31. The maximum Gasteiger partial charge on any atom is 0.241 e. The molecule has 5 heteroatoms. The van der Waals surface area contributed by atoms with Crippen molar-refractivity contribution in [3.63, 3.8) is 0 Å². The lowest BCUT2D eigenvalue weighted by molar-refractivity contribution is 0.260. The zero-order valence-corrected chi connectivity index (χ0v) is 13.7. The Morgan fingerprint density at radius 1 is 1.29 bits per heavy atom. The van der Waals surface area contributed by atoms with Crippen molar-refractivity contribution in [3.05, 3.63) is 29.8 Å². The largest absolute Gasteiger partial charge is 0.313 e. The number of rotatable bonds is 8. The van der Waals surface area contributed by atoms with Gasteiger partial charge in [-0.2, -0.15) is 0 Å². The van der Waals surface area contributed by atoms with E-state index in [4.69, 9.17) is 0 Å². The normalized spacial score (nSPS) is 17.4. The molecule has 2 N–H and O–H groups in total. The summed E-state index contributed by atoms with van der Waals surface area (Å²) >= 11 is 0. The van der Waals surface area contributed by atoms with E-state index in [1.807, 2.05) is 19.1 Å². The van der Waals surface area contributed by atoms with Crippen LogP contribution in [0.25, 0.3) is 0 Å². The van der Waals surface area contributed by atoms with Crippen molar-refractivity contribution in [2.45, 2.75) is 57.0 Å². The summed E-state index contributed by atoms with van der Waals surface area (Å²) in [6.45, 7) is 5.54. The van der Waals surface area contributed by atoms with Gasteiger partial charge in [0.05, 0.1) is 4.90 Å². The quantitative estimate of drug-likeness (QED) is 0.726. The molecule has 0 radical (unpaired) electrons. The number of benzene rings is 1. The lowest BCUT2D eigenvalue weighted by atomic mass is 9.81. The van der Waals surface area contributed by atoms with Crippen molar-refractivity contribution in [1.29, 1.82) is 0 Å². The first kappa shape index (κ1) is 16.5. The van der Waals surface area contributed by atoms with E-state index in [1.165, 1.54) is 6.42 Å². The summed E-state index contributed by atoms with van der Waals surface area (Å²) in [7, 11) is -3.44. The fraction of sp³-hybridized carbons (Fsp3) is 0.625. The fourth-order valence-electron chi connectivity index (χ4n) is 2.66. The van der Waals surface area contributed by atoms with Crippen molar-refractivity contribution in [2.75, 3.05) is 6.54 Å². The van der Waals surface area contributed by atoms with E-state index in [0.29, 0.717) is 17.4 Å². The average molecular weight is 310 g/mol. The summed E-state index contributed by atoms with van der Waals surface area (Å²) in [5, 5.41) is 3.27. The van der Waals surface area contributed by atoms with Crippen molar-refractivity contribution in [1.82, 2.24) is 10.0 Å². The third kappa shape index (κ3) is 4.28. The van der Waals surface area contributed by atoms with E-state index in [1.54, 1.807) is 12.1 Å². The molecular weight excluding hydrogens is 284 g/mol. The summed E-state index contributed by atoms with van der Waals surface area (Å²) in [5.74, 6) is 0.491. The second-order valence-corrected chi connectivity index (χ2v) is 7.57. The molecule has 0 aromatic heterocycles. The molecule has 21 heavy (non-hydrogen) atoms. The van der Waals surface area contributed by atoms with Crippen LogP contribution >= 0.6 is 0 Å². The van der Waals surface area contributed by atoms with E-state index in [2.05, 4.69) is 17.0 Å². The molecule has 0 spiro atoms. The highest BCUT2D eigenvalue weighted by atomic mass is 32.2. The zero-order valence-electron chi connectivity index (χ0n) is 12.9. The first-order valence-corrected chi connectivity index (χ1v) is 9.34. The molecule has 1 aliphatic carbocycles. The smallest absolute Gasteiger partial charge is 0.241 e.